The van der Waals surface area contributed by atoms with Crippen LogP contribution in [0.1, 0.15) is 22.7 Å². The molecule has 0 aromatic heterocycles. The van der Waals surface area contributed by atoms with Crippen molar-refractivity contribution in [2.45, 2.75) is 13.0 Å². The number of halogens is 2. The van der Waals surface area contributed by atoms with Crippen LogP contribution in [0.25, 0.3) is 0 Å². The summed E-state index contributed by atoms with van der Waals surface area (Å²) in [6.45, 7) is 2.10. The van der Waals surface area contributed by atoms with Crippen molar-refractivity contribution >= 4 is 22.6 Å². The Morgan fingerprint density at radius 1 is 1.11 bits per heavy atom. The molecule has 0 aliphatic carbocycles. The summed E-state index contributed by atoms with van der Waals surface area (Å²) >= 11 is 2.36. The summed E-state index contributed by atoms with van der Waals surface area (Å²) in [5.41, 5.74) is 3.56. The van der Waals surface area contributed by atoms with Crippen LogP contribution in [0.4, 0.5) is 4.39 Å². The first-order valence-electron chi connectivity index (χ1n) is 5.81. The molecule has 0 spiro atoms. The molecule has 2 rings (SSSR count). The van der Waals surface area contributed by atoms with Gasteiger partial charge in [0.25, 0.3) is 0 Å². The van der Waals surface area contributed by atoms with Gasteiger partial charge in [-0.2, -0.15) is 0 Å². The van der Waals surface area contributed by atoms with Gasteiger partial charge in [-0.1, -0.05) is 30.3 Å². The Kier molecular flexibility index (Phi) is 4.35. The average molecular weight is 355 g/mol. The molecule has 94 valence electrons. The largest absolute Gasteiger partial charge is 0.309 e. The molecule has 0 aliphatic heterocycles. The maximum atomic E-state index is 13.0. The zero-order valence-corrected chi connectivity index (χ0v) is 12.5. The van der Waals surface area contributed by atoms with Gasteiger partial charge in [-0.15, -0.1) is 0 Å². The lowest BCUT2D eigenvalue weighted by Gasteiger charge is -2.19. The maximum Gasteiger partial charge on any atom is 0.123 e. The fourth-order valence-electron chi connectivity index (χ4n) is 2.05. The van der Waals surface area contributed by atoms with Gasteiger partial charge in [0.05, 0.1) is 6.04 Å². The Labute approximate surface area is 121 Å². The van der Waals surface area contributed by atoms with E-state index in [4.69, 9.17) is 0 Å². The summed E-state index contributed by atoms with van der Waals surface area (Å²) < 4.78 is 14.2. The Balaban J connectivity index is 2.45. The number of hydrogen-bond acceptors (Lipinski definition) is 1. The van der Waals surface area contributed by atoms with Gasteiger partial charge in [0.1, 0.15) is 5.82 Å². The predicted octanol–water partition coefficient (Wildman–Crippen LogP) is 4.05. The first-order chi connectivity index (χ1) is 8.63. The van der Waals surface area contributed by atoms with E-state index in [0.717, 1.165) is 5.56 Å². The van der Waals surface area contributed by atoms with E-state index >= 15 is 0 Å². The number of hydrogen-bond donors (Lipinski definition) is 1. The predicted molar refractivity (Wildman–Crippen MR) is 81.2 cm³/mol. The van der Waals surface area contributed by atoms with Crippen LogP contribution in [-0.4, -0.2) is 7.05 Å². The molecule has 0 saturated carbocycles. The van der Waals surface area contributed by atoms with E-state index in [-0.39, 0.29) is 11.9 Å². The van der Waals surface area contributed by atoms with E-state index in [1.165, 1.54) is 26.8 Å². The topological polar surface area (TPSA) is 12.0 Å². The van der Waals surface area contributed by atoms with E-state index in [1.807, 2.05) is 19.2 Å². The molecule has 0 saturated heterocycles. The highest BCUT2D eigenvalue weighted by Crippen LogP contribution is 2.27. The highest BCUT2D eigenvalue weighted by atomic mass is 127. The van der Waals surface area contributed by atoms with E-state index in [2.05, 4.69) is 53.0 Å². The van der Waals surface area contributed by atoms with Crippen LogP contribution in [0.3, 0.4) is 0 Å². The molecule has 0 fully saturated rings. The third-order valence-corrected chi connectivity index (χ3v) is 4.50. The molecule has 0 bridgehead atoms. The van der Waals surface area contributed by atoms with E-state index in [0.29, 0.717) is 0 Å². The monoisotopic (exact) mass is 355 g/mol. The maximum absolute atomic E-state index is 13.0. The molecule has 1 N–H and O–H groups in total. The van der Waals surface area contributed by atoms with E-state index in [1.54, 1.807) is 0 Å². The minimum absolute atomic E-state index is 0.0948. The first-order valence-corrected chi connectivity index (χ1v) is 6.89. The summed E-state index contributed by atoms with van der Waals surface area (Å²) in [5, 5.41) is 3.29. The molecule has 0 radical (unpaired) electrons. The van der Waals surface area contributed by atoms with Gasteiger partial charge < -0.3 is 5.32 Å². The van der Waals surface area contributed by atoms with Crippen LogP contribution >= 0.6 is 22.6 Å². The molecule has 3 heteroatoms. The molecule has 2 aromatic rings. The highest BCUT2D eigenvalue weighted by molar-refractivity contribution is 14.1. The van der Waals surface area contributed by atoms with Crippen LogP contribution in [0.2, 0.25) is 0 Å². The standard InChI is InChI=1S/C15H15FIN/c1-10-4-3-5-13(14(10)17)15(18-2)11-6-8-12(16)9-7-11/h3-9,15,18H,1-2H3. The second kappa shape index (κ2) is 5.80. The highest BCUT2D eigenvalue weighted by Gasteiger charge is 2.15. The lowest BCUT2D eigenvalue weighted by atomic mass is 9.97. The zero-order valence-electron chi connectivity index (χ0n) is 10.4. The van der Waals surface area contributed by atoms with Crippen molar-refractivity contribution < 1.29 is 4.39 Å². The molecule has 1 atom stereocenters. The Morgan fingerprint density at radius 3 is 2.39 bits per heavy atom. The van der Waals surface area contributed by atoms with Crippen LogP contribution in [-0.2, 0) is 0 Å². The van der Waals surface area contributed by atoms with Gasteiger partial charge in [0, 0.05) is 3.57 Å². The number of aryl methyl sites for hydroxylation is 1. The van der Waals surface area contributed by atoms with Crippen molar-refractivity contribution in [1.29, 1.82) is 0 Å². The normalized spacial score (nSPS) is 12.4. The van der Waals surface area contributed by atoms with E-state index < -0.39 is 0 Å². The number of rotatable bonds is 3. The third-order valence-electron chi connectivity index (χ3n) is 3.02. The Bertz CT molecular complexity index is 537. The third kappa shape index (κ3) is 2.72. The summed E-state index contributed by atoms with van der Waals surface area (Å²) in [6.07, 6.45) is 0. The summed E-state index contributed by atoms with van der Waals surface area (Å²) in [7, 11) is 1.92. The van der Waals surface area contributed by atoms with Gasteiger partial charge in [0.2, 0.25) is 0 Å². The fraction of sp³-hybridized carbons (Fsp3) is 0.200. The molecule has 1 nitrogen and oxygen atoms in total. The van der Waals surface area contributed by atoms with Crippen LogP contribution < -0.4 is 5.32 Å². The second-order valence-electron chi connectivity index (χ2n) is 4.25. The molecule has 1 unspecified atom stereocenters. The Morgan fingerprint density at radius 2 is 1.78 bits per heavy atom. The lowest BCUT2D eigenvalue weighted by Crippen LogP contribution is -2.19. The van der Waals surface area contributed by atoms with Crippen molar-refractivity contribution in [1.82, 2.24) is 5.32 Å². The van der Waals surface area contributed by atoms with E-state index in [9.17, 15) is 4.39 Å². The van der Waals surface area contributed by atoms with Crippen LogP contribution in [0.5, 0.6) is 0 Å². The lowest BCUT2D eigenvalue weighted by molar-refractivity contribution is 0.623. The molecule has 2 aromatic carbocycles. The minimum atomic E-state index is -0.201. The van der Waals surface area contributed by atoms with Crippen molar-refractivity contribution in [2.75, 3.05) is 7.05 Å². The van der Waals surface area contributed by atoms with Crippen LogP contribution in [0.15, 0.2) is 42.5 Å². The zero-order chi connectivity index (χ0) is 13.1. The Hall–Kier alpha value is -0.940. The molecular formula is C15H15FIN. The fourth-order valence-corrected chi connectivity index (χ4v) is 2.72. The number of benzene rings is 2. The average Bonchev–Trinajstić information content (AvgIpc) is 2.37. The minimum Gasteiger partial charge on any atom is -0.309 e. The number of nitrogens with one attached hydrogen (secondary N) is 1. The summed E-state index contributed by atoms with van der Waals surface area (Å²) in [6, 6.07) is 13.0. The summed E-state index contributed by atoms with van der Waals surface area (Å²) in [5.74, 6) is -0.201. The first kappa shape index (κ1) is 13.5. The van der Waals surface area contributed by atoms with Crippen molar-refractivity contribution in [2.24, 2.45) is 0 Å². The van der Waals surface area contributed by atoms with Crippen molar-refractivity contribution in [3.05, 3.63) is 68.5 Å². The van der Waals surface area contributed by atoms with Crippen molar-refractivity contribution in [3.8, 4) is 0 Å². The van der Waals surface area contributed by atoms with Gasteiger partial charge >= 0.3 is 0 Å². The smallest absolute Gasteiger partial charge is 0.123 e. The molecule has 0 heterocycles. The van der Waals surface area contributed by atoms with Crippen molar-refractivity contribution in [3.63, 3.8) is 0 Å². The molecule has 0 amide bonds. The van der Waals surface area contributed by atoms with Gasteiger partial charge in [-0.05, 0) is 65.4 Å². The second-order valence-corrected chi connectivity index (χ2v) is 5.33. The van der Waals surface area contributed by atoms with Gasteiger partial charge in [-0.3, -0.25) is 0 Å². The molecule has 0 aliphatic rings. The van der Waals surface area contributed by atoms with Crippen LogP contribution in [0, 0.1) is 16.3 Å². The SMILES string of the molecule is CNC(c1ccc(F)cc1)c1cccc(C)c1I. The van der Waals surface area contributed by atoms with Gasteiger partial charge in [0.15, 0.2) is 0 Å². The quantitative estimate of drug-likeness (QED) is 0.820. The summed E-state index contributed by atoms with van der Waals surface area (Å²) in [4.78, 5) is 0. The van der Waals surface area contributed by atoms with Gasteiger partial charge in [-0.25, -0.2) is 4.39 Å². The molecule has 18 heavy (non-hydrogen) atoms. The molecular weight excluding hydrogens is 340 g/mol.